The van der Waals surface area contributed by atoms with Crippen molar-refractivity contribution >= 4 is 0 Å². The van der Waals surface area contributed by atoms with E-state index in [4.69, 9.17) is 9.47 Å². The molecule has 1 aromatic rings. The first-order valence-corrected chi connectivity index (χ1v) is 5.94. The molecule has 1 fully saturated rings. The molecule has 2 aliphatic rings. The Labute approximate surface area is 95.8 Å². The van der Waals surface area contributed by atoms with Gasteiger partial charge in [-0.25, -0.2) is 0 Å². The van der Waals surface area contributed by atoms with Crippen molar-refractivity contribution in [2.24, 2.45) is 0 Å². The van der Waals surface area contributed by atoms with Crippen LogP contribution in [0.25, 0.3) is 0 Å². The Morgan fingerprint density at radius 1 is 1.38 bits per heavy atom. The Morgan fingerprint density at radius 3 is 3.12 bits per heavy atom. The molecule has 0 spiro atoms. The lowest BCUT2D eigenvalue weighted by Crippen LogP contribution is -2.42. The van der Waals surface area contributed by atoms with E-state index in [0.29, 0.717) is 12.6 Å². The lowest BCUT2D eigenvalue weighted by atomic mass is 10.1. The Hall–Kier alpha value is -1.06. The quantitative estimate of drug-likeness (QED) is 0.783. The maximum Gasteiger partial charge on any atom is 0.215 e. The number of aryl methyl sites for hydroxylation is 1. The fourth-order valence-electron chi connectivity index (χ4n) is 2.41. The van der Waals surface area contributed by atoms with Gasteiger partial charge in [0.1, 0.15) is 5.75 Å². The molecule has 3 rings (SSSR count). The molecule has 2 heterocycles. The van der Waals surface area contributed by atoms with Crippen LogP contribution in [0.4, 0.5) is 0 Å². The van der Waals surface area contributed by atoms with Gasteiger partial charge >= 0.3 is 0 Å². The third kappa shape index (κ3) is 1.81. The minimum atomic E-state index is -0.113. The monoisotopic (exact) mass is 219 g/mol. The van der Waals surface area contributed by atoms with E-state index in [1.54, 1.807) is 0 Å². The molecule has 3 nitrogen and oxygen atoms in total. The van der Waals surface area contributed by atoms with Crippen molar-refractivity contribution in [3.63, 3.8) is 0 Å². The predicted octanol–water partition coefficient (Wildman–Crippen LogP) is 1.98. The fourth-order valence-corrected chi connectivity index (χ4v) is 2.41. The van der Waals surface area contributed by atoms with Crippen LogP contribution in [-0.4, -0.2) is 18.9 Å². The van der Waals surface area contributed by atoms with Gasteiger partial charge in [-0.05, 0) is 32.4 Å². The summed E-state index contributed by atoms with van der Waals surface area (Å²) in [6.07, 6.45) is 2.25. The Kier molecular flexibility index (Phi) is 2.58. The van der Waals surface area contributed by atoms with Gasteiger partial charge in [0.2, 0.25) is 6.29 Å². The summed E-state index contributed by atoms with van der Waals surface area (Å²) in [5, 5.41) is 3.42. The van der Waals surface area contributed by atoms with E-state index in [9.17, 15) is 0 Å². The number of benzene rings is 1. The van der Waals surface area contributed by atoms with Crippen molar-refractivity contribution in [1.82, 2.24) is 5.32 Å². The third-order valence-corrected chi connectivity index (χ3v) is 3.29. The second kappa shape index (κ2) is 4.07. The molecular formula is C13H17NO2. The molecule has 0 aromatic heterocycles. The van der Waals surface area contributed by atoms with Gasteiger partial charge in [0.05, 0.1) is 12.6 Å². The van der Waals surface area contributed by atoms with Crippen LogP contribution in [-0.2, 0) is 11.3 Å². The minimum Gasteiger partial charge on any atom is -0.463 e. The molecule has 16 heavy (non-hydrogen) atoms. The summed E-state index contributed by atoms with van der Waals surface area (Å²) in [4.78, 5) is 0. The topological polar surface area (TPSA) is 30.5 Å². The average Bonchev–Trinajstić information content (AvgIpc) is 2.82. The second-order valence-corrected chi connectivity index (χ2v) is 4.61. The molecule has 2 unspecified atom stereocenters. The molecule has 86 valence electrons. The van der Waals surface area contributed by atoms with Crippen LogP contribution in [0.3, 0.4) is 0 Å². The van der Waals surface area contributed by atoms with Crippen LogP contribution >= 0.6 is 0 Å². The van der Waals surface area contributed by atoms with Gasteiger partial charge in [-0.15, -0.1) is 0 Å². The first-order chi connectivity index (χ1) is 7.83. The lowest BCUT2D eigenvalue weighted by molar-refractivity contribution is -0.123. The van der Waals surface area contributed by atoms with Crippen molar-refractivity contribution in [3.8, 4) is 5.75 Å². The Balaban J connectivity index is 1.78. The van der Waals surface area contributed by atoms with Gasteiger partial charge in [-0.2, -0.15) is 0 Å². The highest BCUT2D eigenvalue weighted by atomic mass is 16.7. The Morgan fingerprint density at radius 2 is 2.31 bits per heavy atom. The van der Waals surface area contributed by atoms with Gasteiger partial charge in [-0.1, -0.05) is 17.7 Å². The van der Waals surface area contributed by atoms with E-state index < -0.39 is 0 Å². The van der Waals surface area contributed by atoms with Crippen LogP contribution in [0.2, 0.25) is 0 Å². The summed E-state index contributed by atoms with van der Waals surface area (Å²) in [7, 11) is 0. The molecule has 0 radical (unpaired) electrons. The van der Waals surface area contributed by atoms with E-state index in [1.807, 2.05) is 0 Å². The van der Waals surface area contributed by atoms with Gasteiger partial charge in [0.15, 0.2) is 0 Å². The fraction of sp³-hybridized carbons (Fsp3) is 0.538. The van der Waals surface area contributed by atoms with Gasteiger partial charge in [0, 0.05) is 5.56 Å². The highest BCUT2D eigenvalue weighted by molar-refractivity contribution is 5.37. The van der Waals surface area contributed by atoms with Crippen LogP contribution in [0, 0.1) is 6.92 Å². The zero-order valence-corrected chi connectivity index (χ0v) is 9.53. The number of hydrogen-bond donors (Lipinski definition) is 1. The molecule has 2 atom stereocenters. The number of fused-ring (bicyclic) bond motifs is 1. The summed E-state index contributed by atoms with van der Waals surface area (Å²) in [5.74, 6) is 0.982. The van der Waals surface area contributed by atoms with E-state index >= 15 is 0 Å². The van der Waals surface area contributed by atoms with Crippen molar-refractivity contribution in [2.45, 2.75) is 38.7 Å². The van der Waals surface area contributed by atoms with Crippen molar-refractivity contribution in [3.05, 3.63) is 29.3 Å². The van der Waals surface area contributed by atoms with Crippen LogP contribution < -0.4 is 10.1 Å². The van der Waals surface area contributed by atoms with Gasteiger partial charge < -0.3 is 14.8 Å². The SMILES string of the molecule is Cc1ccc2c(c1)COC(C1CCCN1)O2. The minimum absolute atomic E-state index is 0.113. The maximum atomic E-state index is 5.89. The normalized spacial score (nSPS) is 28.6. The van der Waals surface area contributed by atoms with Crippen molar-refractivity contribution in [2.75, 3.05) is 6.54 Å². The van der Waals surface area contributed by atoms with E-state index in [1.165, 1.54) is 12.0 Å². The third-order valence-electron chi connectivity index (χ3n) is 3.29. The molecule has 0 aliphatic carbocycles. The van der Waals surface area contributed by atoms with E-state index in [0.717, 1.165) is 24.3 Å². The molecule has 1 N–H and O–H groups in total. The van der Waals surface area contributed by atoms with Crippen LogP contribution in [0.1, 0.15) is 24.0 Å². The van der Waals surface area contributed by atoms with Crippen molar-refractivity contribution < 1.29 is 9.47 Å². The largest absolute Gasteiger partial charge is 0.463 e. The van der Waals surface area contributed by atoms with Crippen LogP contribution in [0.5, 0.6) is 5.75 Å². The molecule has 1 aromatic carbocycles. The second-order valence-electron chi connectivity index (χ2n) is 4.61. The smallest absolute Gasteiger partial charge is 0.215 e. The summed E-state index contributed by atoms with van der Waals surface area (Å²) in [6, 6.07) is 6.63. The molecule has 3 heteroatoms. The number of hydrogen-bond acceptors (Lipinski definition) is 3. The summed E-state index contributed by atoms with van der Waals surface area (Å²) < 4.78 is 11.6. The average molecular weight is 219 g/mol. The van der Waals surface area contributed by atoms with E-state index in [-0.39, 0.29) is 6.29 Å². The molecule has 1 saturated heterocycles. The maximum absolute atomic E-state index is 5.89. The molecule has 0 saturated carbocycles. The molecule has 2 aliphatic heterocycles. The number of nitrogens with one attached hydrogen (secondary N) is 1. The lowest BCUT2D eigenvalue weighted by Gasteiger charge is -2.30. The summed E-state index contributed by atoms with van der Waals surface area (Å²) in [6.45, 7) is 3.83. The number of rotatable bonds is 1. The Bertz CT molecular complexity index is 386. The zero-order valence-electron chi connectivity index (χ0n) is 9.53. The van der Waals surface area contributed by atoms with Gasteiger partial charge in [-0.3, -0.25) is 0 Å². The predicted molar refractivity (Wildman–Crippen MR) is 61.4 cm³/mol. The first-order valence-electron chi connectivity index (χ1n) is 5.94. The highest BCUT2D eigenvalue weighted by Gasteiger charge is 2.30. The number of ether oxygens (including phenoxy) is 2. The standard InChI is InChI=1S/C13H17NO2/c1-9-4-5-12-10(7-9)8-15-13(16-12)11-3-2-6-14-11/h4-5,7,11,13-14H,2-3,6,8H2,1H3. The zero-order chi connectivity index (χ0) is 11.0. The van der Waals surface area contributed by atoms with Crippen molar-refractivity contribution in [1.29, 1.82) is 0 Å². The molecule has 0 bridgehead atoms. The molecule has 0 amide bonds. The van der Waals surface area contributed by atoms with Crippen LogP contribution in [0.15, 0.2) is 18.2 Å². The van der Waals surface area contributed by atoms with E-state index in [2.05, 4.69) is 30.4 Å². The summed E-state index contributed by atoms with van der Waals surface area (Å²) >= 11 is 0. The first kappa shape index (κ1) is 10.1. The highest BCUT2D eigenvalue weighted by Crippen LogP contribution is 2.29. The molecular weight excluding hydrogens is 202 g/mol. The van der Waals surface area contributed by atoms with Gasteiger partial charge in [0.25, 0.3) is 0 Å². The summed E-state index contributed by atoms with van der Waals surface area (Å²) in [5.41, 5.74) is 2.41.